The van der Waals surface area contributed by atoms with Gasteiger partial charge in [-0.3, -0.25) is 4.79 Å². The average Bonchev–Trinajstić information content (AvgIpc) is 3.13. The molecule has 2 rings (SSSR count). The number of carbonyl (C=O) groups excluding carboxylic acids is 2. The number of rotatable bonds is 3. The van der Waals surface area contributed by atoms with Gasteiger partial charge in [-0.15, -0.1) is 0 Å². The molecule has 8 nitrogen and oxygen atoms in total. The van der Waals surface area contributed by atoms with Crippen LogP contribution in [0.5, 0.6) is 0 Å². The van der Waals surface area contributed by atoms with Crippen LogP contribution in [-0.4, -0.2) is 77.9 Å². The number of aliphatic carboxylic acids is 1. The van der Waals surface area contributed by atoms with Crippen molar-refractivity contribution in [2.45, 2.75) is 25.6 Å². The molecule has 1 unspecified atom stereocenters. The van der Waals surface area contributed by atoms with Crippen LogP contribution in [0.2, 0.25) is 0 Å². The largest absolute Gasteiger partial charge is 0.481 e. The average molecular weight is 366 g/mol. The van der Waals surface area contributed by atoms with E-state index in [1.54, 1.807) is 6.92 Å². The Balaban J connectivity index is 1.91. The van der Waals surface area contributed by atoms with Crippen molar-refractivity contribution >= 4 is 18.0 Å². The standard InChI is InChI=1S/C14H21F3N4O4/c1-2-18-12(24)20-4-3-8(5-20)19-13(25)21-6-9(11(22)23)10(7-21)14(15,16)17/h8-10H,2-7H2,1H3,(H,18,24)(H,19,25)(H,22,23)/t8?,9-,10-/m1/s1. The van der Waals surface area contributed by atoms with Gasteiger partial charge in [-0.1, -0.05) is 0 Å². The molecule has 3 N–H and O–H groups in total. The summed E-state index contributed by atoms with van der Waals surface area (Å²) in [5.74, 6) is -5.31. The lowest BCUT2D eigenvalue weighted by molar-refractivity contribution is -0.187. The minimum absolute atomic E-state index is 0.260. The predicted molar refractivity (Wildman–Crippen MR) is 79.8 cm³/mol. The highest BCUT2D eigenvalue weighted by Gasteiger charge is 2.53. The van der Waals surface area contributed by atoms with Crippen molar-refractivity contribution in [3.8, 4) is 0 Å². The first-order valence-corrected chi connectivity index (χ1v) is 8.01. The smallest absolute Gasteiger partial charge is 0.394 e. The molecular weight excluding hydrogens is 345 g/mol. The number of amides is 4. The van der Waals surface area contributed by atoms with Crippen LogP contribution in [0.15, 0.2) is 0 Å². The van der Waals surface area contributed by atoms with Crippen LogP contribution in [0.3, 0.4) is 0 Å². The quantitative estimate of drug-likeness (QED) is 0.684. The third kappa shape index (κ3) is 4.45. The van der Waals surface area contributed by atoms with E-state index >= 15 is 0 Å². The first kappa shape index (κ1) is 19.1. The molecule has 0 aromatic rings. The lowest BCUT2D eigenvalue weighted by atomic mass is 9.96. The molecule has 0 radical (unpaired) electrons. The highest BCUT2D eigenvalue weighted by molar-refractivity contribution is 5.78. The van der Waals surface area contributed by atoms with Crippen LogP contribution >= 0.6 is 0 Å². The van der Waals surface area contributed by atoms with Gasteiger partial charge in [0.05, 0.1) is 11.8 Å². The molecule has 2 heterocycles. The Labute approximate surface area is 142 Å². The van der Waals surface area contributed by atoms with Gasteiger partial charge in [0.1, 0.15) is 0 Å². The molecule has 4 amide bonds. The number of alkyl halides is 3. The molecule has 0 aromatic heterocycles. The number of nitrogens with zero attached hydrogens (tertiary/aromatic N) is 2. The maximum Gasteiger partial charge on any atom is 0.394 e. The monoisotopic (exact) mass is 366 g/mol. The molecule has 2 fully saturated rings. The Kier molecular flexibility index (Phi) is 5.63. The second kappa shape index (κ2) is 7.36. The Hall–Kier alpha value is -2.20. The second-order valence-corrected chi connectivity index (χ2v) is 6.21. The number of likely N-dealkylation sites (tertiary alicyclic amines) is 2. The third-order valence-corrected chi connectivity index (χ3v) is 4.48. The molecule has 25 heavy (non-hydrogen) atoms. The number of urea groups is 2. The van der Waals surface area contributed by atoms with E-state index in [0.717, 1.165) is 4.90 Å². The van der Waals surface area contributed by atoms with E-state index in [1.807, 2.05) is 0 Å². The van der Waals surface area contributed by atoms with Gasteiger partial charge in [0.2, 0.25) is 0 Å². The minimum atomic E-state index is -4.68. The number of hydrogen-bond donors (Lipinski definition) is 3. The van der Waals surface area contributed by atoms with Crippen LogP contribution in [0.4, 0.5) is 22.8 Å². The highest BCUT2D eigenvalue weighted by Crippen LogP contribution is 2.37. The van der Waals surface area contributed by atoms with Crippen molar-refractivity contribution < 1.29 is 32.7 Å². The van der Waals surface area contributed by atoms with Crippen molar-refractivity contribution in [1.82, 2.24) is 20.4 Å². The molecule has 0 saturated carbocycles. The van der Waals surface area contributed by atoms with E-state index in [0.29, 0.717) is 19.5 Å². The SMILES string of the molecule is CCNC(=O)N1CCC(NC(=O)N2C[C@@H](C(F)(F)F)[C@H](C(=O)O)C2)C1. The fourth-order valence-electron chi connectivity index (χ4n) is 3.14. The molecule has 2 aliphatic heterocycles. The number of carboxylic acids is 1. The van der Waals surface area contributed by atoms with Crippen molar-refractivity contribution in [2.24, 2.45) is 11.8 Å². The van der Waals surface area contributed by atoms with Gasteiger partial charge in [0.15, 0.2) is 0 Å². The van der Waals surface area contributed by atoms with Crippen LogP contribution in [0, 0.1) is 11.8 Å². The lowest BCUT2D eigenvalue weighted by Gasteiger charge is -2.21. The fourth-order valence-corrected chi connectivity index (χ4v) is 3.14. The molecule has 0 aliphatic carbocycles. The Morgan fingerprint density at radius 3 is 2.32 bits per heavy atom. The summed E-state index contributed by atoms with van der Waals surface area (Å²) in [6.07, 6.45) is -4.19. The van der Waals surface area contributed by atoms with Gasteiger partial charge < -0.3 is 25.5 Å². The van der Waals surface area contributed by atoms with Gasteiger partial charge in [-0.05, 0) is 13.3 Å². The van der Waals surface area contributed by atoms with E-state index in [9.17, 15) is 27.6 Å². The van der Waals surface area contributed by atoms with E-state index in [2.05, 4.69) is 10.6 Å². The summed E-state index contributed by atoms with van der Waals surface area (Å²) in [7, 11) is 0. The zero-order valence-corrected chi connectivity index (χ0v) is 13.7. The second-order valence-electron chi connectivity index (χ2n) is 6.21. The summed E-state index contributed by atoms with van der Waals surface area (Å²) in [6.45, 7) is 1.76. The Morgan fingerprint density at radius 2 is 1.80 bits per heavy atom. The fraction of sp³-hybridized carbons (Fsp3) is 0.786. The van der Waals surface area contributed by atoms with E-state index < -0.39 is 43.1 Å². The van der Waals surface area contributed by atoms with Gasteiger partial charge in [-0.25, -0.2) is 9.59 Å². The zero-order valence-electron chi connectivity index (χ0n) is 13.7. The van der Waals surface area contributed by atoms with Gasteiger partial charge >= 0.3 is 24.2 Å². The minimum Gasteiger partial charge on any atom is -0.481 e. The van der Waals surface area contributed by atoms with Crippen molar-refractivity contribution in [3.05, 3.63) is 0 Å². The van der Waals surface area contributed by atoms with Gasteiger partial charge in [-0.2, -0.15) is 13.2 Å². The summed E-state index contributed by atoms with van der Waals surface area (Å²) in [5, 5.41) is 14.2. The van der Waals surface area contributed by atoms with Crippen LogP contribution in [0.1, 0.15) is 13.3 Å². The molecular formula is C14H21F3N4O4. The van der Waals surface area contributed by atoms with Crippen LogP contribution in [-0.2, 0) is 4.79 Å². The van der Waals surface area contributed by atoms with Crippen LogP contribution < -0.4 is 10.6 Å². The maximum atomic E-state index is 13.0. The first-order chi connectivity index (χ1) is 11.6. The van der Waals surface area contributed by atoms with E-state index in [-0.39, 0.29) is 18.6 Å². The van der Waals surface area contributed by atoms with Gasteiger partial charge in [0.25, 0.3) is 0 Å². The first-order valence-electron chi connectivity index (χ1n) is 8.01. The van der Waals surface area contributed by atoms with E-state index in [4.69, 9.17) is 5.11 Å². The Bertz CT molecular complexity index is 543. The third-order valence-electron chi connectivity index (χ3n) is 4.48. The summed E-state index contributed by atoms with van der Waals surface area (Å²) in [6, 6.07) is -1.37. The normalized spacial score (nSPS) is 26.6. The summed E-state index contributed by atoms with van der Waals surface area (Å²) in [4.78, 5) is 37.3. The molecule has 142 valence electrons. The number of halogens is 3. The lowest BCUT2D eigenvalue weighted by Crippen LogP contribution is -2.46. The number of nitrogens with one attached hydrogen (secondary N) is 2. The van der Waals surface area contributed by atoms with Crippen LogP contribution in [0.25, 0.3) is 0 Å². The van der Waals surface area contributed by atoms with Crippen molar-refractivity contribution in [3.63, 3.8) is 0 Å². The predicted octanol–water partition coefficient (Wildman–Crippen LogP) is 0.695. The molecule has 0 spiro atoms. The molecule has 0 aromatic carbocycles. The summed E-state index contributed by atoms with van der Waals surface area (Å²) in [5.41, 5.74) is 0. The molecule has 11 heteroatoms. The highest BCUT2D eigenvalue weighted by atomic mass is 19.4. The molecule has 2 saturated heterocycles. The Morgan fingerprint density at radius 1 is 1.12 bits per heavy atom. The maximum absolute atomic E-state index is 13.0. The zero-order chi connectivity index (χ0) is 18.8. The molecule has 3 atom stereocenters. The van der Waals surface area contributed by atoms with E-state index in [1.165, 1.54) is 4.90 Å². The van der Waals surface area contributed by atoms with Crippen molar-refractivity contribution in [2.75, 3.05) is 32.7 Å². The van der Waals surface area contributed by atoms with Gasteiger partial charge in [0, 0.05) is 38.8 Å². The number of hydrogen-bond acceptors (Lipinski definition) is 3. The molecule has 0 bridgehead atoms. The number of carbonyl (C=O) groups is 3. The van der Waals surface area contributed by atoms with Crippen molar-refractivity contribution in [1.29, 1.82) is 0 Å². The summed E-state index contributed by atoms with van der Waals surface area (Å²) < 4.78 is 38.9. The number of carboxylic acid groups (broad SMARTS) is 1. The molecule has 2 aliphatic rings. The summed E-state index contributed by atoms with van der Waals surface area (Å²) >= 11 is 0. The topological polar surface area (TPSA) is 102 Å².